The van der Waals surface area contributed by atoms with Gasteiger partial charge in [0.25, 0.3) is 0 Å². The normalized spacial score (nSPS) is 19.2. The molecule has 1 aromatic heterocycles. The summed E-state index contributed by atoms with van der Waals surface area (Å²) in [6, 6.07) is -0.308. The van der Waals surface area contributed by atoms with Crippen LogP contribution in [0.15, 0.2) is 6.20 Å². The van der Waals surface area contributed by atoms with E-state index < -0.39 is 0 Å². The van der Waals surface area contributed by atoms with Crippen molar-refractivity contribution in [1.82, 2.24) is 4.98 Å². The van der Waals surface area contributed by atoms with Gasteiger partial charge >= 0.3 is 0 Å². The SMILES string of the molecule is N[C@H](CO)c1cnc(N2CCOCC2)s1. The summed E-state index contributed by atoms with van der Waals surface area (Å²) in [7, 11) is 0. The predicted molar refractivity (Wildman–Crippen MR) is 59.2 cm³/mol. The van der Waals surface area contributed by atoms with Gasteiger partial charge in [-0.1, -0.05) is 0 Å². The lowest BCUT2D eigenvalue weighted by molar-refractivity contribution is 0.122. The first kappa shape index (κ1) is 10.8. The van der Waals surface area contributed by atoms with Gasteiger partial charge in [-0.3, -0.25) is 0 Å². The number of ether oxygens (including phenoxy) is 1. The van der Waals surface area contributed by atoms with Crippen LogP contribution in [0.1, 0.15) is 10.9 Å². The van der Waals surface area contributed by atoms with E-state index >= 15 is 0 Å². The van der Waals surface area contributed by atoms with Crippen LogP contribution >= 0.6 is 11.3 Å². The van der Waals surface area contributed by atoms with Gasteiger partial charge in [-0.15, -0.1) is 11.3 Å². The summed E-state index contributed by atoms with van der Waals surface area (Å²) < 4.78 is 5.27. The first-order valence-corrected chi connectivity index (χ1v) is 5.78. The van der Waals surface area contributed by atoms with E-state index in [2.05, 4.69) is 9.88 Å². The van der Waals surface area contributed by atoms with Crippen molar-refractivity contribution in [3.8, 4) is 0 Å². The fourth-order valence-corrected chi connectivity index (χ4v) is 2.40. The number of aromatic nitrogens is 1. The van der Waals surface area contributed by atoms with Crippen LogP contribution in [0.25, 0.3) is 0 Å². The fourth-order valence-electron chi connectivity index (χ4n) is 1.44. The highest BCUT2D eigenvalue weighted by molar-refractivity contribution is 7.15. The lowest BCUT2D eigenvalue weighted by atomic mass is 10.3. The molecule has 15 heavy (non-hydrogen) atoms. The van der Waals surface area contributed by atoms with Crippen molar-refractivity contribution in [2.45, 2.75) is 6.04 Å². The lowest BCUT2D eigenvalue weighted by Crippen LogP contribution is -2.36. The minimum Gasteiger partial charge on any atom is -0.394 e. The molecule has 1 fully saturated rings. The summed E-state index contributed by atoms with van der Waals surface area (Å²) >= 11 is 1.55. The maximum Gasteiger partial charge on any atom is 0.185 e. The quantitative estimate of drug-likeness (QED) is 0.761. The summed E-state index contributed by atoms with van der Waals surface area (Å²) in [6.45, 7) is 3.22. The molecule has 0 unspecified atom stereocenters. The summed E-state index contributed by atoms with van der Waals surface area (Å²) in [5.74, 6) is 0. The molecule has 84 valence electrons. The minimum absolute atomic E-state index is 0.0370. The Labute approximate surface area is 92.5 Å². The third kappa shape index (κ3) is 2.46. The van der Waals surface area contributed by atoms with Gasteiger partial charge in [-0.25, -0.2) is 4.98 Å². The molecule has 5 nitrogen and oxygen atoms in total. The summed E-state index contributed by atoms with van der Waals surface area (Å²) in [5.41, 5.74) is 5.71. The second-order valence-corrected chi connectivity index (χ2v) is 4.47. The number of hydrogen-bond acceptors (Lipinski definition) is 6. The standard InChI is InChI=1S/C9H15N3O2S/c10-7(6-13)8-5-11-9(15-8)12-1-3-14-4-2-12/h5,7,13H,1-4,6,10H2/t7-/m1/s1. The van der Waals surface area contributed by atoms with Gasteiger partial charge < -0.3 is 20.5 Å². The van der Waals surface area contributed by atoms with Crippen molar-refractivity contribution in [2.24, 2.45) is 5.73 Å². The highest BCUT2D eigenvalue weighted by Crippen LogP contribution is 2.26. The predicted octanol–water partition coefficient (Wildman–Crippen LogP) is -0.0282. The van der Waals surface area contributed by atoms with Gasteiger partial charge in [0.15, 0.2) is 5.13 Å². The molecule has 6 heteroatoms. The van der Waals surface area contributed by atoms with E-state index in [0.717, 1.165) is 36.3 Å². The smallest absolute Gasteiger partial charge is 0.185 e. The minimum atomic E-state index is -0.308. The number of anilines is 1. The Morgan fingerprint density at radius 1 is 1.60 bits per heavy atom. The maximum atomic E-state index is 8.93. The van der Waals surface area contributed by atoms with Crippen LogP contribution in [-0.2, 0) is 4.74 Å². The number of thiazole rings is 1. The first-order valence-electron chi connectivity index (χ1n) is 4.96. The zero-order chi connectivity index (χ0) is 10.7. The Kier molecular flexibility index (Phi) is 3.53. The molecule has 0 bridgehead atoms. The first-order chi connectivity index (χ1) is 7.31. The molecule has 0 aliphatic carbocycles. The molecule has 1 aliphatic rings. The topological polar surface area (TPSA) is 71.6 Å². The van der Waals surface area contributed by atoms with Crippen LogP contribution in [0, 0.1) is 0 Å². The van der Waals surface area contributed by atoms with Crippen LogP contribution in [-0.4, -0.2) is 43.0 Å². The molecular formula is C9H15N3O2S. The highest BCUT2D eigenvalue weighted by Gasteiger charge is 2.16. The lowest BCUT2D eigenvalue weighted by Gasteiger charge is -2.26. The molecule has 1 atom stereocenters. The van der Waals surface area contributed by atoms with E-state index in [9.17, 15) is 0 Å². The van der Waals surface area contributed by atoms with Crippen molar-refractivity contribution in [2.75, 3.05) is 37.8 Å². The average Bonchev–Trinajstić information content (AvgIpc) is 2.78. The van der Waals surface area contributed by atoms with E-state index in [1.807, 2.05) is 0 Å². The number of hydrogen-bond donors (Lipinski definition) is 2. The van der Waals surface area contributed by atoms with Crippen LogP contribution in [0.3, 0.4) is 0 Å². The number of rotatable bonds is 3. The molecule has 0 saturated carbocycles. The monoisotopic (exact) mass is 229 g/mol. The number of nitrogens with zero attached hydrogens (tertiary/aromatic N) is 2. The maximum absolute atomic E-state index is 8.93. The van der Waals surface area contributed by atoms with Crippen molar-refractivity contribution in [1.29, 1.82) is 0 Å². The Hall–Kier alpha value is -0.690. The van der Waals surface area contributed by atoms with Crippen LogP contribution in [0.5, 0.6) is 0 Å². The van der Waals surface area contributed by atoms with E-state index in [1.165, 1.54) is 0 Å². The van der Waals surface area contributed by atoms with E-state index in [-0.39, 0.29) is 12.6 Å². The molecule has 0 amide bonds. The van der Waals surface area contributed by atoms with Crippen LogP contribution in [0.2, 0.25) is 0 Å². The number of nitrogens with two attached hydrogens (primary N) is 1. The molecule has 0 radical (unpaired) electrons. The average molecular weight is 229 g/mol. The Bertz CT molecular complexity index is 312. The van der Waals surface area contributed by atoms with Gasteiger partial charge in [-0.05, 0) is 0 Å². The van der Waals surface area contributed by atoms with Crippen LogP contribution < -0.4 is 10.6 Å². The molecule has 1 saturated heterocycles. The van der Waals surface area contributed by atoms with Crippen molar-refractivity contribution in [3.63, 3.8) is 0 Å². The molecule has 2 heterocycles. The highest BCUT2D eigenvalue weighted by atomic mass is 32.1. The molecule has 3 N–H and O–H groups in total. The van der Waals surface area contributed by atoms with Gasteiger partial charge in [0.2, 0.25) is 0 Å². The van der Waals surface area contributed by atoms with Gasteiger partial charge in [0, 0.05) is 24.2 Å². The third-order valence-corrected chi connectivity index (χ3v) is 3.55. The zero-order valence-corrected chi connectivity index (χ0v) is 9.24. The van der Waals surface area contributed by atoms with Crippen molar-refractivity contribution >= 4 is 16.5 Å². The van der Waals surface area contributed by atoms with E-state index in [1.54, 1.807) is 17.5 Å². The summed E-state index contributed by atoms with van der Waals surface area (Å²) in [5, 5.41) is 9.90. The van der Waals surface area contributed by atoms with Gasteiger partial charge in [0.1, 0.15) is 0 Å². The van der Waals surface area contributed by atoms with E-state index in [0.29, 0.717) is 0 Å². The molecule has 1 aliphatic heterocycles. The Morgan fingerprint density at radius 2 is 2.33 bits per heavy atom. The van der Waals surface area contributed by atoms with Crippen molar-refractivity contribution in [3.05, 3.63) is 11.1 Å². The number of aliphatic hydroxyl groups is 1. The largest absolute Gasteiger partial charge is 0.394 e. The second kappa shape index (κ2) is 4.89. The zero-order valence-electron chi connectivity index (χ0n) is 8.43. The van der Waals surface area contributed by atoms with Gasteiger partial charge in [0.05, 0.1) is 25.9 Å². The van der Waals surface area contributed by atoms with Crippen LogP contribution in [0.4, 0.5) is 5.13 Å². The molecule has 2 rings (SSSR count). The molecular weight excluding hydrogens is 214 g/mol. The number of morpholine rings is 1. The second-order valence-electron chi connectivity index (χ2n) is 3.43. The van der Waals surface area contributed by atoms with E-state index in [4.69, 9.17) is 15.6 Å². The van der Waals surface area contributed by atoms with Gasteiger partial charge in [-0.2, -0.15) is 0 Å². The third-order valence-electron chi connectivity index (χ3n) is 2.36. The Morgan fingerprint density at radius 3 is 3.00 bits per heavy atom. The molecule has 0 aromatic carbocycles. The Balaban J connectivity index is 2.05. The van der Waals surface area contributed by atoms with Crippen molar-refractivity contribution < 1.29 is 9.84 Å². The number of aliphatic hydroxyl groups excluding tert-OH is 1. The molecule has 0 spiro atoms. The molecule has 1 aromatic rings. The fraction of sp³-hybridized carbons (Fsp3) is 0.667. The summed E-state index contributed by atoms with van der Waals surface area (Å²) in [4.78, 5) is 7.42. The summed E-state index contributed by atoms with van der Waals surface area (Å²) in [6.07, 6.45) is 1.75.